The van der Waals surface area contributed by atoms with Crippen molar-refractivity contribution in [3.8, 4) is 22.8 Å². The van der Waals surface area contributed by atoms with Gasteiger partial charge < -0.3 is 19.7 Å². The molecular formula is C24H26N6O3. The van der Waals surface area contributed by atoms with E-state index < -0.39 is 5.60 Å². The van der Waals surface area contributed by atoms with Gasteiger partial charge in [-0.05, 0) is 58.7 Å². The maximum absolute atomic E-state index is 10.2. The molecule has 4 heterocycles. The molecule has 1 fully saturated rings. The second-order valence-corrected chi connectivity index (χ2v) is 8.84. The fraction of sp³-hybridized carbons (Fsp3) is 0.333. The van der Waals surface area contributed by atoms with Crippen molar-refractivity contribution in [3.63, 3.8) is 0 Å². The van der Waals surface area contributed by atoms with Crippen LogP contribution in [0, 0.1) is 13.8 Å². The Morgan fingerprint density at radius 3 is 2.64 bits per heavy atom. The molecule has 33 heavy (non-hydrogen) atoms. The molecule has 0 radical (unpaired) electrons. The summed E-state index contributed by atoms with van der Waals surface area (Å²) in [5.74, 6) is 2.57. The summed E-state index contributed by atoms with van der Waals surface area (Å²) in [6.45, 7) is 7.17. The van der Waals surface area contributed by atoms with Crippen molar-refractivity contribution in [3.05, 3.63) is 60.0 Å². The van der Waals surface area contributed by atoms with Crippen LogP contribution in [0.1, 0.15) is 49.9 Å². The van der Waals surface area contributed by atoms with E-state index in [9.17, 15) is 5.11 Å². The molecule has 9 nitrogen and oxygen atoms in total. The standard InChI is InChI=1S/C24H26N6O3/c1-14-22(15(2)33-29-14)23-19(13-30(28-23)17-5-6-17)32-18-8-10-26-21(12-18)27-16-7-9-25-20(11-16)24(3,4)31/h7-13,17,31H,5-6H2,1-4H3,(H,25,26,27). The lowest BCUT2D eigenvalue weighted by molar-refractivity contribution is 0.0739. The second-order valence-electron chi connectivity index (χ2n) is 8.84. The van der Waals surface area contributed by atoms with Gasteiger partial charge in [0.05, 0.1) is 29.2 Å². The Morgan fingerprint density at radius 2 is 1.94 bits per heavy atom. The highest BCUT2D eigenvalue weighted by Gasteiger charge is 2.28. The smallest absolute Gasteiger partial charge is 0.173 e. The van der Waals surface area contributed by atoms with Gasteiger partial charge in [0, 0.05) is 24.1 Å². The SMILES string of the molecule is Cc1noc(C)c1-c1nn(C2CC2)cc1Oc1ccnc(Nc2ccnc(C(C)(C)O)c2)c1. The minimum Gasteiger partial charge on any atom is -0.453 e. The minimum absolute atomic E-state index is 0.410. The average molecular weight is 447 g/mol. The van der Waals surface area contributed by atoms with Crippen molar-refractivity contribution in [2.75, 3.05) is 5.32 Å². The maximum Gasteiger partial charge on any atom is 0.173 e. The summed E-state index contributed by atoms with van der Waals surface area (Å²) in [4.78, 5) is 8.63. The molecule has 0 spiro atoms. The molecule has 0 saturated heterocycles. The molecule has 0 atom stereocenters. The van der Waals surface area contributed by atoms with E-state index in [0.29, 0.717) is 40.5 Å². The van der Waals surface area contributed by atoms with E-state index in [1.165, 1.54) is 0 Å². The molecule has 2 N–H and O–H groups in total. The van der Waals surface area contributed by atoms with E-state index in [1.807, 2.05) is 36.9 Å². The van der Waals surface area contributed by atoms with Crippen molar-refractivity contribution in [2.45, 2.75) is 52.2 Å². The van der Waals surface area contributed by atoms with Crippen LogP contribution in [0.4, 0.5) is 11.5 Å². The molecule has 5 rings (SSSR count). The maximum atomic E-state index is 10.2. The minimum atomic E-state index is -1.04. The zero-order valence-electron chi connectivity index (χ0n) is 19.0. The van der Waals surface area contributed by atoms with E-state index in [0.717, 1.165) is 29.8 Å². The number of aliphatic hydroxyl groups is 1. The first-order valence-electron chi connectivity index (χ1n) is 10.9. The lowest BCUT2D eigenvalue weighted by atomic mass is 10.0. The molecule has 9 heteroatoms. The topological polar surface area (TPSA) is 111 Å². The first-order valence-corrected chi connectivity index (χ1v) is 10.9. The number of rotatable bonds is 7. The number of anilines is 2. The molecule has 1 saturated carbocycles. The third kappa shape index (κ3) is 4.45. The van der Waals surface area contributed by atoms with Gasteiger partial charge in [-0.1, -0.05) is 5.16 Å². The zero-order chi connectivity index (χ0) is 23.2. The Kier molecular flexibility index (Phi) is 5.13. The van der Waals surface area contributed by atoms with Crippen LogP contribution in [0.3, 0.4) is 0 Å². The van der Waals surface area contributed by atoms with Crippen LogP contribution in [0.5, 0.6) is 11.5 Å². The number of aryl methyl sites for hydroxylation is 2. The first kappa shape index (κ1) is 21.1. The summed E-state index contributed by atoms with van der Waals surface area (Å²) in [5.41, 5.74) is 2.64. The summed E-state index contributed by atoms with van der Waals surface area (Å²) in [6, 6.07) is 7.64. The average Bonchev–Trinajstić information content (AvgIpc) is 3.46. The van der Waals surface area contributed by atoms with E-state index in [4.69, 9.17) is 14.4 Å². The van der Waals surface area contributed by atoms with Gasteiger partial charge in [-0.3, -0.25) is 9.67 Å². The number of aromatic nitrogens is 5. The van der Waals surface area contributed by atoms with Gasteiger partial charge in [-0.2, -0.15) is 5.10 Å². The van der Waals surface area contributed by atoms with E-state index >= 15 is 0 Å². The lowest BCUT2D eigenvalue weighted by Gasteiger charge is -2.17. The highest BCUT2D eigenvalue weighted by molar-refractivity contribution is 5.70. The Labute approximate surface area is 191 Å². The summed E-state index contributed by atoms with van der Waals surface area (Å²) in [5, 5.41) is 22.3. The van der Waals surface area contributed by atoms with Crippen LogP contribution in [0.25, 0.3) is 11.3 Å². The van der Waals surface area contributed by atoms with Crippen molar-refractivity contribution in [1.82, 2.24) is 24.9 Å². The lowest BCUT2D eigenvalue weighted by Crippen LogP contribution is -2.17. The van der Waals surface area contributed by atoms with Crippen LogP contribution in [-0.4, -0.2) is 30.0 Å². The van der Waals surface area contributed by atoms with Crippen LogP contribution < -0.4 is 10.1 Å². The third-order valence-corrected chi connectivity index (χ3v) is 5.51. The molecule has 0 amide bonds. The molecule has 0 bridgehead atoms. The van der Waals surface area contributed by atoms with E-state index in [-0.39, 0.29) is 0 Å². The van der Waals surface area contributed by atoms with Gasteiger partial charge in [-0.25, -0.2) is 4.98 Å². The number of pyridine rings is 2. The van der Waals surface area contributed by atoms with Gasteiger partial charge in [0.25, 0.3) is 0 Å². The number of ether oxygens (including phenoxy) is 1. The molecule has 170 valence electrons. The molecule has 4 aromatic rings. The Morgan fingerprint density at radius 1 is 1.15 bits per heavy atom. The molecular weight excluding hydrogens is 420 g/mol. The quantitative estimate of drug-likeness (QED) is 0.406. The largest absolute Gasteiger partial charge is 0.453 e. The van der Waals surface area contributed by atoms with Gasteiger partial charge in [0.2, 0.25) is 0 Å². The third-order valence-electron chi connectivity index (χ3n) is 5.51. The monoisotopic (exact) mass is 446 g/mol. The van der Waals surface area contributed by atoms with Crippen molar-refractivity contribution >= 4 is 11.5 Å². The van der Waals surface area contributed by atoms with Crippen LogP contribution in [0.15, 0.2) is 47.4 Å². The molecule has 0 unspecified atom stereocenters. The van der Waals surface area contributed by atoms with Crippen molar-refractivity contribution in [2.24, 2.45) is 0 Å². The molecule has 1 aliphatic rings. The summed E-state index contributed by atoms with van der Waals surface area (Å²) in [6.07, 6.45) is 7.49. The second kappa shape index (κ2) is 8.00. The molecule has 0 aromatic carbocycles. The Bertz CT molecular complexity index is 1280. The highest BCUT2D eigenvalue weighted by atomic mass is 16.5. The summed E-state index contributed by atoms with van der Waals surface area (Å²) in [7, 11) is 0. The van der Waals surface area contributed by atoms with E-state index in [1.54, 1.807) is 38.4 Å². The van der Waals surface area contributed by atoms with Crippen LogP contribution >= 0.6 is 0 Å². The number of hydrogen-bond acceptors (Lipinski definition) is 8. The summed E-state index contributed by atoms with van der Waals surface area (Å²) < 4.78 is 13.6. The first-order chi connectivity index (χ1) is 15.8. The van der Waals surface area contributed by atoms with Gasteiger partial charge >= 0.3 is 0 Å². The van der Waals surface area contributed by atoms with Crippen molar-refractivity contribution < 1.29 is 14.4 Å². The Balaban J connectivity index is 1.43. The van der Waals surface area contributed by atoms with Crippen LogP contribution in [0.2, 0.25) is 0 Å². The molecule has 0 aliphatic heterocycles. The van der Waals surface area contributed by atoms with Crippen molar-refractivity contribution in [1.29, 1.82) is 0 Å². The predicted octanol–water partition coefficient (Wildman–Crippen LogP) is 5.04. The fourth-order valence-corrected chi connectivity index (χ4v) is 3.63. The normalized spacial score (nSPS) is 13.8. The number of nitrogens with one attached hydrogen (secondary N) is 1. The number of hydrogen-bond donors (Lipinski definition) is 2. The number of nitrogens with zero attached hydrogens (tertiary/aromatic N) is 5. The summed E-state index contributed by atoms with van der Waals surface area (Å²) >= 11 is 0. The van der Waals surface area contributed by atoms with Crippen LogP contribution in [-0.2, 0) is 5.60 Å². The van der Waals surface area contributed by atoms with Gasteiger partial charge in [0.15, 0.2) is 5.75 Å². The molecule has 1 aliphatic carbocycles. The molecule has 4 aromatic heterocycles. The van der Waals surface area contributed by atoms with Gasteiger partial charge in [-0.15, -0.1) is 0 Å². The Hall–Kier alpha value is -3.72. The van der Waals surface area contributed by atoms with E-state index in [2.05, 4.69) is 20.4 Å². The van der Waals surface area contributed by atoms with Gasteiger partial charge in [0.1, 0.15) is 28.6 Å². The highest BCUT2D eigenvalue weighted by Crippen LogP contribution is 2.41. The fourth-order valence-electron chi connectivity index (χ4n) is 3.63. The predicted molar refractivity (Wildman–Crippen MR) is 123 cm³/mol. The zero-order valence-corrected chi connectivity index (χ0v) is 19.0.